The highest BCUT2D eigenvalue weighted by Crippen LogP contribution is 2.67. The van der Waals surface area contributed by atoms with Crippen LogP contribution in [-0.4, -0.2) is 44.2 Å². The van der Waals surface area contributed by atoms with E-state index in [9.17, 15) is 19.8 Å². The molecule has 3 fully saturated rings. The Morgan fingerprint density at radius 3 is 2.84 bits per heavy atom. The van der Waals surface area contributed by atoms with Crippen LogP contribution in [0, 0.1) is 28.6 Å². The number of allylic oxidation sites excluding steroid dienone is 4. The van der Waals surface area contributed by atoms with Gasteiger partial charge >= 0.3 is 0 Å². The van der Waals surface area contributed by atoms with Gasteiger partial charge in [-0.05, 0) is 68.2 Å². The summed E-state index contributed by atoms with van der Waals surface area (Å²) in [7, 11) is 0. The lowest BCUT2D eigenvalue weighted by atomic mass is 9.46. The molecule has 2 N–H and O–H groups in total. The maximum absolute atomic E-state index is 13.4. The molecular weight excluding hydrogens is 422 g/mol. The summed E-state index contributed by atoms with van der Waals surface area (Å²) in [6.45, 7) is 4.15. The number of hydrogen-bond acceptors (Lipinski definition) is 6. The first-order valence-electron chi connectivity index (χ1n) is 11.6. The number of rotatable bonds is 4. The number of aromatic nitrogens is 1. The van der Waals surface area contributed by atoms with Gasteiger partial charge in [0.1, 0.15) is 5.60 Å². The van der Waals surface area contributed by atoms with Crippen molar-refractivity contribution in [2.45, 2.75) is 62.7 Å². The Labute approximate surface area is 193 Å². The van der Waals surface area contributed by atoms with Crippen LogP contribution < -0.4 is 0 Å². The quantitative estimate of drug-likeness (QED) is 0.675. The van der Waals surface area contributed by atoms with Crippen LogP contribution in [0.1, 0.15) is 46.0 Å². The first-order chi connectivity index (χ1) is 15.2. The van der Waals surface area contributed by atoms with Crippen molar-refractivity contribution < 1.29 is 19.8 Å². The monoisotopic (exact) mass is 453 g/mol. The molecule has 5 rings (SSSR count). The second-order valence-electron chi connectivity index (χ2n) is 10.5. The lowest BCUT2D eigenvalue weighted by Crippen LogP contribution is -2.61. The van der Waals surface area contributed by atoms with E-state index < -0.39 is 17.1 Å². The number of hydrogen-bond donors (Lipinski definition) is 2. The van der Waals surface area contributed by atoms with Crippen LogP contribution in [0.3, 0.4) is 0 Å². The average molecular weight is 454 g/mol. The van der Waals surface area contributed by atoms with Crippen LogP contribution in [0.25, 0.3) is 0 Å². The van der Waals surface area contributed by atoms with Crippen LogP contribution in [0.4, 0.5) is 0 Å². The van der Waals surface area contributed by atoms with Crippen LogP contribution in [0.15, 0.2) is 53.2 Å². The molecule has 0 spiro atoms. The van der Waals surface area contributed by atoms with Gasteiger partial charge < -0.3 is 10.2 Å². The second-order valence-corrected chi connectivity index (χ2v) is 11.5. The Kier molecular flexibility index (Phi) is 5.27. The number of ketones is 2. The summed E-state index contributed by atoms with van der Waals surface area (Å²) in [6, 6.07) is 5.59. The third kappa shape index (κ3) is 3.10. The summed E-state index contributed by atoms with van der Waals surface area (Å²) in [5.74, 6) is 0.440. The van der Waals surface area contributed by atoms with Crippen molar-refractivity contribution in [1.29, 1.82) is 0 Å². The Morgan fingerprint density at radius 1 is 1.28 bits per heavy atom. The van der Waals surface area contributed by atoms with Gasteiger partial charge in [-0.15, -0.1) is 0 Å². The van der Waals surface area contributed by atoms with Gasteiger partial charge in [-0.2, -0.15) is 0 Å². The largest absolute Gasteiger partial charge is 0.393 e. The fourth-order valence-electron chi connectivity index (χ4n) is 7.48. The first kappa shape index (κ1) is 22.1. The molecule has 6 unspecified atom stereocenters. The molecule has 0 radical (unpaired) electrons. The predicted octanol–water partition coefficient (Wildman–Crippen LogP) is 3.75. The Morgan fingerprint density at radius 2 is 2.09 bits per heavy atom. The summed E-state index contributed by atoms with van der Waals surface area (Å²) in [4.78, 5) is 29.6. The number of aliphatic hydroxyl groups is 2. The van der Waals surface area contributed by atoms with Crippen molar-refractivity contribution in [1.82, 2.24) is 4.98 Å². The number of Topliss-reactive ketones (excluding diaryl/α,β-unsaturated/α-hetero) is 1. The Hall–Kier alpha value is -1.76. The zero-order valence-corrected chi connectivity index (χ0v) is 19.5. The maximum atomic E-state index is 13.4. The maximum Gasteiger partial charge on any atom is 0.178 e. The molecule has 1 heterocycles. The van der Waals surface area contributed by atoms with Crippen molar-refractivity contribution in [3.63, 3.8) is 0 Å². The molecule has 7 atom stereocenters. The highest BCUT2D eigenvalue weighted by atomic mass is 32.2. The van der Waals surface area contributed by atoms with E-state index in [0.717, 1.165) is 29.9 Å². The molecular formula is C26H31NO4S. The number of nitrogens with zero attached hydrogens (tertiary/aromatic N) is 1. The van der Waals surface area contributed by atoms with Gasteiger partial charge in [-0.3, -0.25) is 9.59 Å². The van der Waals surface area contributed by atoms with Crippen LogP contribution in [-0.2, 0) is 9.59 Å². The third-order valence-corrected chi connectivity index (χ3v) is 10.0. The molecule has 3 saturated carbocycles. The molecule has 170 valence electrons. The number of thioether (sulfide) groups is 1. The molecule has 0 aromatic carbocycles. The average Bonchev–Trinajstić information content (AvgIpc) is 3.04. The lowest BCUT2D eigenvalue weighted by Gasteiger charge is -2.59. The SMILES string of the molecule is CC12C=CC(=O)C=C1CCC1C2C(O)CC2(C)C1CC[C@]2(O)C(=O)CSc1ccccn1. The fourth-order valence-corrected chi connectivity index (χ4v) is 8.31. The minimum absolute atomic E-state index is 0.00488. The molecule has 0 amide bonds. The summed E-state index contributed by atoms with van der Waals surface area (Å²) in [6.07, 6.45) is 9.79. The molecule has 0 saturated heterocycles. The smallest absolute Gasteiger partial charge is 0.178 e. The van der Waals surface area contributed by atoms with E-state index in [-0.39, 0.29) is 40.5 Å². The summed E-state index contributed by atoms with van der Waals surface area (Å²) < 4.78 is 0. The number of aliphatic hydroxyl groups excluding tert-OH is 1. The van der Waals surface area contributed by atoms with Crippen LogP contribution in [0.2, 0.25) is 0 Å². The number of pyridine rings is 1. The molecule has 4 aliphatic carbocycles. The third-order valence-electron chi connectivity index (χ3n) is 9.10. The van der Waals surface area contributed by atoms with Gasteiger partial charge in [-0.1, -0.05) is 43.3 Å². The minimum atomic E-state index is -1.43. The standard InChI is InChI=1S/C26H31NO4S/c1-24-10-8-17(28)13-16(24)6-7-18-19-9-11-26(31,25(19,2)14-20(29)23(18)24)21(30)15-32-22-5-3-4-12-27-22/h3-5,8,10,12-13,18-20,23,29,31H,6-7,9,11,14-15H2,1-2H3/t18?,19?,20?,23?,24?,25?,26-/m0/s1. The molecule has 1 aromatic heterocycles. The van der Waals surface area contributed by atoms with Gasteiger partial charge in [0.2, 0.25) is 0 Å². The fraction of sp³-hybridized carbons (Fsp3) is 0.577. The Bertz CT molecular complexity index is 1010. The second kappa shape index (κ2) is 7.64. The summed E-state index contributed by atoms with van der Waals surface area (Å²) in [5.41, 5.74) is -1.30. The zero-order valence-electron chi connectivity index (χ0n) is 18.7. The van der Waals surface area contributed by atoms with E-state index in [1.807, 2.05) is 31.2 Å². The van der Waals surface area contributed by atoms with Gasteiger partial charge in [0, 0.05) is 22.9 Å². The molecule has 32 heavy (non-hydrogen) atoms. The van der Waals surface area contributed by atoms with E-state index in [2.05, 4.69) is 11.9 Å². The summed E-state index contributed by atoms with van der Waals surface area (Å²) in [5, 5.41) is 24.0. The van der Waals surface area contributed by atoms with E-state index in [4.69, 9.17) is 0 Å². The van der Waals surface area contributed by atoms with Gasteiger partial charge in [0.25, 0.3) is 0 Å². The number of carbonyl (C=O) groups is 2. The van der Waals surface area contributed by atoms with Crippen molar-refractivity contribution in [3.05, 3.63) is 48.2 Å². The molecule has 0 aliphatic heterocycles. The van der Waals surface area contributed by atoms with Gasteiger partial charge in [-0.25, -0.2) is 4.98 Å². The Balaban J connectivity index is 1.41. The van der Waals surface area contributed by atoms with Crippen molar-refractivity contribution in [2.24, 2.45) is 28.6 Å². The van der Waals surface area contributed by atoms with Crippen molar-refractivity contribution in [3.8, 4) is 0 Å². The zero-order chi connectivity index (χ0) is 22.7. The van der Waals surface area contributed by atoms with E-state index >= 15 is 0 Å². The highest BCUT2D eigenvalue weighted by Gasteiger charge is 2.67. The molecule has 5 nitrogen and oxygen atoms in total. The van der Waals surface area contributed by atoms with Gasteiger partial charge in [0.15, 0.2) is 11.6 Å². The number of fused-ring (bicyclic) bond motifs is 5. The molecule has 4 aliphatic rings. The lowest BCUT2D eigenvalue weighted by molar-refractivity contribution is -0.174. The summed E-state index contributed by atoms with van der Waals surface area (Å²) >= 11 is 1.36. The first-order valence-corrected chi connectivity index (χ1v) is 12.6. The predicted molar refractivity (Wildman–Crippen MR) is 123 cm³/mol. The van der Waals surface area contributed by atoms with Crippen molar-refractivity contribution >= 4 is 23.3 Å². The van der Waals surface area contributed by atoms with E-state index in [1.54, 1.807) is 18.3 Å². The van der Waals surface area contributed by atoms with Crippen molar-refractivity contribution in [2.75, 3.05) is 5.75 Å². The molecule has 1 aromatic rings. The highest BCUT2D eigenvalue weighted by molar-refractivity contribution is 7.99. The molecule has 6 heteroatoms. The normalized spacial score (nSPS) is 42.6. The minimum Gasteiger partial charge on any atom is -0.393 e. The molecule has 0 bridgehead atoms. The van der Waals surface area contributed by atoms with Crippen LogP contribution in [0.5, 0.6) is 0 Å². The number of carbonyl (C=O) groups excluding carboxylic acids is 2. The van der Waals surface area contributed by atoms with E-state index in [1.165, 1.54) is 11.8 Å². The topological polar surface area (TPSA) is 87.5 Å². The van der Waals surface area contributed by atoms with E-state index in [0.29, 0.717) is 12.8 Å². The van der Waals surface area contributed by atoms with Gasteiger partial charge in [0.05, 0.1) is 16.9 Å². The van der Waals surface area contributed by atoms with Crippen LogP contribution >= 0.6 is 11.8 Å².